The fraction of sp³-hybridized carbons (Fsp3) is 0.429. The Hall–Kier alpha value is -1.89. The molecule has 1 N–H and O–H groups in total. The minimum Gasteiger partial charge on any atom is -0.338 e. The number of aromatic nitrogens is 2. The first-order chi connectivity index (χ1) is 13.2. The number of nitrogens with zero attached hydrogens (tertiary/aromatic N) is 3. The van der Waals surface area contributed by atoms with Crippen LogP contribution in [0.4, 0.5) is 0 Å². The smallest absolute Gasteiger partial charge is 0.264 e. The van der Waals surface area contributed by atoms with Crippen molar-refractivity contribution >= 4 is 39.9 Å². The molecule has 1 atom stereocenters. The van der Waals surface area contributed by atoms with Crippen LogP contribution in [0.5, 0.6) is 0 Å². The van der Waals surface area contributed by atoms with E-state index in [-0.39, 0.29) is 18.3 Å². The molecule has 3 aromatic rings. The van der Waals surface area contributed by atoms with E-state index in [1.165, 1.54) is 12.0 Å². The zero-order valence-electron chi connectivity index (χ0n) is 16.4. The Balaban J connectivity index is 0.00000225. The number of benzene rings is 1. The molecule has 1 aliphatic heterocycles. The first-order valence-electron chi connectivity index (χ1n) is 9.60. The number of fused-ring (bicyclic) bond motifs is 1. The molecule has 1 unspecified atom stereocenters. The Morgan fingerprint density at radius 2 is 2.11 bits per heavy atom. The zero-order chi connectivity index (χ0) is 18.8. The van der Waals surface area contributed by atoms with Gasteiger partial charge in [0.05, 0.1) is 17.1 Å². The molecule has 28 heavy (non-hydrogen) atoms. The van der Waals surface area contributed by atoms with Crippen LogP contribution < -0.4 is 5.32 Å². The average Bonchev–Trinajstić information content (AvgIpc) is 3.24. The molecule has 150 valence electrons. The van der Waals surface area contributed by atoms with Crippen molar-refractivity contribution in [1.82, 2.24) is 20.0 Å². The number of carbonyl (C=O) groups is 1. The third kappa shape index (κ3) is 4.24. The Bertz CT molecular complexity index is 935. The van der Waals surface area contributed by atoms with Gasteiger partial charge >= 0.3 is 0 Å². The standard InChI is InChI=1S/C21H26N4OS.ClH/c1-15-18-11-19(20(26)24-10-6-9-17(13-24)12-22-2)27-21(18)25(23-15)14-16-7-4-3-5-8-16;/h3-5,7-8,11,17,22H,6,9-10,12-14H2,1-2H3;1H. The maximum Gasteiger partial charge on any atom is 0.264 e. The molecule has 1 fully saturated rings. The molecule has 1 aliphatic rings. The van der Waals surface area contributed by atoms with Gasteiger partial charge in [-0.05, 0) is 50.9 Å². The van der Waals surface area contributed by atoms with Crippen molar-refractivity contribution in [1.29, 1.82) is 0 Å². The van der Waals surface area contributed by atoms with E-state index in [9.17, 15) is 4.79 Å². The highest BCUT2D eigenvalue weighted by molar-refractivity contribution is 7.20. The Morgan fingerprint density at radius 1 is 1.32 bits per heavy atom. The van der Waals surface area contributed by atoms with Crippen LogP contribution in [-0.4, -0.2) is 47.3 Å². The average molecular weight is 419 g/mol. The monoisotopic (exact) mass is 418 g/mol. The van der Waals surface area contributed by atoms with Crippen LogP contribution in [0, 0.1) is 12.8 Å². The van der Waals surface area contributed by atoms with Crippen molar-refractivity contribution in [3.63, 3.8) is 0 Å². The van der Waals surface area contributed by atoms with Gasteiger partial charge in [0.2, 0.25) is 0 Å². The molecule has 0 spiro atoms. The number of likely N-dealkylation sites (tertiary alicyclic amines) is 1. The summed E-state index contributed by atoms with van der Waals surface area (Å²) in [6.45, 7) is 5.44. The van der Waals surface area contributed by atoms with E-state index < -0.39 is 0 Å². The van der Waals surface area contributed by atoms with E-state index in [1.54, 1.807) is 11.3 Å². The molecule has 7 heteroatoms. The molecule has 0 bridgehead atoms. The topological polar surface area (TPSA) is 50.2 Å². The predicted molar refractivity (Wildman–Crippen MR) is 118 cm³/mol. The van der Waals surface area contributed by atoms with Crippen LogP contribution in [0.1, 0.15) is 33.8 Å². The van der Waals surface area contributed by atoms with E-state index in [0.717, 1.165) is 53.4 Å². The van der Waals surface area contributed by atoms with E-state index in [0.29, 0.717) is 5.92 Å². The number of rotatable bonds is 5. The Labute approximate surface area is 176 Å². The Morgan fingerprint density at radius 3 is 2.86 bits per heavy atom. The number of amides is 1. The minimum absolute atomic E-state index is 0. The van der Waals surface area contributed by atoms with Gasteiger partial charge < -0.3 is 10.2 Å². The lowest BCUT2D eigenvalue weighted by atomic mass is 9.98. The number of halogens is 1. The number of piperidine rings is 1. The maximum atomic E-state index is 13.1. The van der Waals surface area contributed by atoms with E-state index in [4.69, 9.17) is 0 Å². The fourth-order valence-corrected chi connectivity index (χ4v) is 5.07. The molecule has 0 aliphatic carbocycles. The maximum absolute atomic E-state index is 13.1. The molecule has 5 nitrogen and oxygen atoms in total. The van der Waals surface area contributed by atoms with Crippen LogP contribution in [-0.2, 0) is 6.54 Å². The second kappa shape index (κ2) is 9.07. The molecule has 3 heterocycles. The van der Waals surface area contributed by atoms with Crippen LogP contribution >= 0.6 is 23.7 Å². The molecule has 1 aromatic carbocycles. The first-order valence-corrected chi connectivity index (χ1v) is 10.4. The normalized spacial score (nSPS) is 16.9. The minimum atomic E-state index is 0. The lowest BCUT2D eigenvalue weighted by Crippen LogP contribution is -2.42. The summed E-state index contributed by atoms with van der Waals surface area (Å²) in [4.78, 5) is 17.0. The first kappa shape index (κ1) is 20.8. The third-order valence-corrected chi connectivity index (χ3v) is 6.43. The summed E-state index contributed by atoms with van der Waals surface area (Å²) in [6.07, 6.45) is 2.28. The van der Waals surface area contributed by atoms with Gasteiger partial charge in [-0.2, -0.15) is 5.10 Å². The molecule has 2 aromatic heterocycles. The number of hydrogen-bond donors (Lipinski definition) is 1. The summed E-state index contributed by atoms with van der Waals surface area (Å²) in [5.41, 5.74) is 2.21. The van der Waals surface area contributed by atoms with Crippen molar-refractivity contribution < 1.29 is 4.79 Å². The van der Waals surface area contributed by atoms with Crippen molar-refractivity contribution in [2.24, 2.45) is 5.92 Å². The summed E-state index contributed by atoms with van der Waals surface area (Å²) in [5.74, 6) is 0.722. The summed E-state index contributed by atoms with van der Waals surface area (Å²) >= 11 is 1.57. The Kier molecular flexibility index (Phi) is 6.75. The SMILES string of the molecule is CNCC1CCCN(C(=O)c2cc3c(C)nn(Cc4ccccc4)c3s2)C1.Cl. The number of nitrogens with one attached hydrogen (secondary N) is 1. The van der Waals surface area contributed by atoms with Gasteiger partial charge in [-0.25, -0.2) is 0 Å². The number of aryl methyl sites for hydroxylation is 1. The highest BCUT2D eigenvalue weighted by Gasteiger charge is 2.26. The van der Waals surface area contributed by atoms with Crippen molar-refractivity contribution in [3.05, 3.63) is 52.5 Å². The second-order valence-corrected chi connectivity index (χ2v) is 8.41. The molecule has 0 radical (unpaired) electrons. The lowest BCUT2D eigenvalue weighted by Gasteiger charge is -2.32. The van der Waals surface area contributed by atoms with Gasteiger partial charge in [-0.15, -0.1) is 23.7 Å². The van der Waals surface area contributed by atoms with Crippen LogP contribution in [0.3, 0.4) is 0 Å². The van der Waals surface area contributed by atoms with Crippen LogP contribution in [0.2, 0.25) is 0 Å². The van der Waals surface area contributed by atoms with E-state index >= 15 is 0 Å². The number of hydrogen-bond acceptors (Lipinski definition) is 4. The van der Waals surface area contributed by atoms with E-state index in [1.807, 2.05) is 47.8 Å². The van der Waals surface area contributed by atoms with Crippen molar-refractivity contribution in [2.45, 2.75) is 26.3 Å². The number of thiophene rings is 1. The summed E-state index contributed by atoms with van der Waals surface area (Å²) in [5, 5.41) is 9.03. The highest BCUT2D eigenvalue weighted by Crippen LogP contribution is 2.30. The molecule has 1 amide bonds. The van der Waals surface area contributed by atoms with Gasteiger partial charge in [-0.3, -0.25) is 9.48 Å². The third-order valence-electron chi connectivity index (χ3n) is 5.29. The van der Waals surface area contributed by atoms with Gasteiger partial charge in [0, 0.05) is 18.5 Å². The van der Waals surface area contributed by atoms with Crippen LogP contribution in [0.25, 0.3) is 10.2 Å². The zero-order valence-corrected chi connectivity index (χ0v) is 18.0. The van der Waals surface area contributed by atoms with Gasteiger partial charge in [0.15, 0.2) is 0 Å². The predicted octanol–water partition coefficient (Wildman–Crippen LogP) is 3.95. The molecule has 0 saturated carbocycles. The van der Waals surface area contributed by atoms with Gasteiger partial charge in [0.25, 0.3) is 5.91 Å². The van der Waals surface area contributed by atoms with Crippen molar-refractivity contribution in [2.75, 3.05) is 26.7 Å². The van der Waals surface area contributed by atoms with E-state index in [2.05, 4.69) is 22.5 Å². The summed E-state index contributed by atoms with van der Waals surface area (Å²) in [6, 6.07) is 12.4. The van der Waals surface area contributed by atoms with Crippen molar-refractivity contribution in [3.8, 4) is 0 Å². The fourth-order valence-electron chi connectivity index (χ4n) is 3.94. The van der Waals surface area contributed by atoms with Gasteiger partial charge in [0.1, 0.15) is 4.83 Å². The molecule has 1 saturated heterocycles. The second-order valence-electron chi connectivity index (χ2n) is 7.38. The summed E-state index contributed by atoms with van der Waals surface area (Å²) in [7, 11) is 1.98. The lowest BCUT2D eigenvalue weighted by molar-refractivity contribution is 0.0679. The van der Waals surface area contributed by atoms with Crippen LogP contribution in [0.15, 0.2) is 36.4 Å². The molecular weight excluding hydrogens is 392 g/mol. The largest absolute Gasteiger partial charge is 0.338 e. The summed E-state index contributed by atoms with van der Waals surface area (Å²) < 4.78 is 2.03. The highest BCUT2D eigenvalue weighted by atomic mass is 35.5. The molecular formula is C21H27ClN4OS. The molecule has 4 rings (SSSR count). The number of carbonyl (C=O) groups excluding carboxylic acids is 1. The van der Waals surface area contributed by atoms with Gasteiger partial charge in [-0.1, -0.05) is 30.3 Å². The quantitative estimate of drug-likeness (QED) is 0.682.